The Labute approximate surface area is 124 Å². The van der Waals surface area contributed by atoms with Gasteiger partial charge in [-0.05, 0) is 37.9 Å². The zero-order valence-electron chi connectivity index (χ0n) is 12.2. The molecular formula is C14H20N2O4S. The average molecular weight is 312 g/mol. The van der Waals surface area contributed by atoms with Crippen molar-refractivity contribution in [2.45, 2.75) is 31.2 Å². The van der Waals surface area contributed by atoms with Gasteiger partial charge in [0.05, 0.1) is 15.6 Å². The average Bonchev–Trinajstić information content (AvgIpc) is 2.77. The summed E-state index contributed by atoms with van der Waals surface area (Å²) in [7, 11) is -3.40. The van der Waals surface area contributed by atoms with E-state index in [2.05, 4.69) is 18.7 Å². The molecule has 0 N–H and O–H groups in total. The Kier molecular flexibility index (Phi) is 4.63. The van der Waals surface area contributed by atoms with Gasteiger partial charge in [-0.25, -0.2) is 8.42 Å². The van der Waals surface area contributed by atoms with Gasteiger partial charge in [-0.2, -0.15) is 0 Å². The molecule has 2 atom stereocenters. The van der Waals surface area contributed by atoms with E-state index >= 15 is 0 Å². The lowest BCUT2D eigenvalue weighted by atomic mass is 10.1. The van der Waals surface area contributed by atoms with Crippen molar-refractivity contribution < 1.29 is 13.3 Å². The maximum Gasteiger partial charge on any atom is 0.269 e. The summed E-state index contributed by atoms with van der Waals surface area (Å²) in [5.74, 6) is 0.633. The number of nitro benzene ring substituents is 1. The number of rotatable bonds is 5. The summed E-state index contributed by atoms with van der Waals surface area (Å²) in [5, 5.41) is 10.6. The normalized spacial score (nSPS) is 23.3. The number of hydrogen-bond donors (Lipinski definition) is 0. The van der Waals surface area contributed by atoms with Gasteiger partial charge in [0.2, 0.25) is 0 Å². The Balaban J connectivity index is 2.03. The van der Waals surface area contributed by atoms with Gasteiger partial charge in [-0.15, -0.1) is 0 Å². The standard InChI is InChI=1S/C14H20N2O4S/c1-11-7-8-15(12(11)2)9-10-21(19,20)14-5-3-13(4-6-14)16(17)18/h3-6,11-12H,7-10H2,1-2H3/t11-,12-/m0/s1. The molecule has 1 aliphatic heterocycles. The molecule has 116 valence electrons. The van der Waals surface area contributed by atoms with Crippen LogP contribution in [0.2, 0.25) is 0 Å². The molecule has 0 radical (unpaired) electrons. The highest BCUT2D eigenvalue weighted by Crippen LogP contribution is 2.24. The van der Waals surface area contributed by atoms with E-state index in [1.165, 1.54) is 24.3 Å². The molecule has 0 aliphatic carbocycles. The molecule has 6 nitrogen and oxygen atoms in total. The molecule has 1 aromatic carbocycles. The third kappa shape index (κ3) is 3.59. The maximum atomic E-state index is 12.3. The zero-order valence-corrected chi connectivity index (χ0v) is 13.0. The minimum Gasteiger partial charge on any atom is -0.299 e. The van der Waals surface area contributed by atoms with Gasteiger partial charge >= 0.3 is 0 Å². The van der Waals surface area contributed by atoms with E-state index in [1.54, 1.807) is 0 Å². The van der Waals surface area contributed by atoms with Crippen LogP contribution < -0.4 is 0 Å². The predicted octanol–water partition coefficient (Wildman–Crippen LogP) is 2.10. The van der Waals surface area contributed by atoms with E-state index in [0.717, 1.165) is 13.0 Å². The minimum absolute atomic E-state index is 0.0435. The van der Waals surface area contributed by atoms with Gasteiger partial charge < -0.3 is 0 Å². The minimum atomic E-state index is -3.40. The van der Waals surface area contributed by atoms with Crippen molar-refractivity contribution in [3.8, 4) is 0 Å². The second-order valence-electron chi connectivity index (χ2n) is 5.61. The molecule has 0 spiro atoms. The van der Waals surface area contributed by atoms with E-state index in [9.17, 15) is 18.5 Å². The Hall–Kier alpha value is -1.47. The van der Waals surface area contributed by atoms with Crippen LogP contribution in [0.4, 0.5) is 5.69 Å². The Morgan fingerprint density at radius 1 is 1.29 bits per heavy atom. The summed E-state index contributed by atoms with van der Waals surface area (Å²) in [6.45, 7) is 5.73. The van der Waals surface area contributed by atoms with Gasteiger partial charge in [0, 0.05) is 24.7 Å². The highest BCUT2D eigenvalue weighted by molar-refractivity contribution is 7.91. The molecule has 0 bridgehead atoms. The fraction of sp³-hybridized carbons (Fsp3) is 0.571. The number of sulfone groups is 1. The van der Waals surface area contributed by atoms with Crippen LogP contribution in [-0.4, -0.2) is 43.1 Å². The molecule has 1 fully saturated rings. The van der Waals surface area contributed by atoms with Gasteiger partial charge in [-0.3, -0.25) is 15.0 Å². The Morgan fingerprint density at radius 3 is 2.38 bits per heavy atom. The van der Waals surface area contributed by atoms with Crippen LogP contribution in [0.15, 0.2) is 29.2 Å². The number of benzene rings is 1. The molecule has 1 aromatic rings. The van der Waals surface area contributed by atoms with Crippen molar-refractivity contribution in [3.05, 3.63) is 34.4 Å². The van der Waals surface area contributed by atoms with Gasteiger partial charge in [0.15, 0.2) is 9.84 Å². The molecule has 2 rings (SSSR count). The molecule has 0 amide bonds. The van der Waals surface area contributed by atoms with Crippen LogP contribution in [0.3, 0.4) is 0 Å². The fourth-order valence-corrected chi connectivity index (χ4v) is 3.88. The summed E-state index contributed by atoms with van der Waals surface area (Å²) >= 11 is 0. The molecular weight excluding hydrogens is 292 g/mol. The molecule has 1 saturated heterocycles. The van der Waals surface area contributed by atoms with Crippen molar-refractivity contribution in [3.63, 3.8) is 0 Å². The van der Waals surface area contributed by atoms with E-state index in [1.807, 2.05) is 0 Å². The first-order valence-corrected chi connectivity index (χ1v) is 8.68. The SMILES string of the molecule is C[C@H]1CCN(CCS(=O)(=O)c2ccc([N+](=O)[O-])cc2)[C@H]1C. The molecule has 0 aromatic heterocycles. The quantitative estimate of drug-likeness (QED) is 0.614. The van der Waals surface area contributed by atoms with E-state index in [0.29, 0.717) is 18.5 Å². The highest BCUT2D eigenvalue weighted by Gasteiger charge is 2.28. The van der Waals surface area contributed by atoms with Crippen molar-refractivity contribution in [2.75, 3.05) is 18.8 Å². The van der Waals surface area contributed by atoms with E-state index in [4.69, 9.17) is 0 Å². The van der Waals surface area contributed by atoms with Crippen LogP contribution in [-0.2, 0) is 9.84 Å². The molecule has 7 heteroatoms. The van der Waals surface area contributed by atoms with Gasteiger partial charge in [0.1, 0.15) is 0 Å². The van der Waals surface area contributed by atoms with Crippen molar-refractivity contribution >= 4 is 15.5 Å². The summed E-state index contributed by atoms with van der Waals surface area (Å²) in [5.41, 5.74) is -0.101. The summed E-state index contributed by atoms with van der Waals surface area (Å²) < 4.78 is 24.5. The first-order chi connectivity index (χ1) is 9.81. The molecule has 1 heterocycles. The van der Waals surface area contributed by atoms with Gasteiger partial charge in [0.25, 0.3) is 5.69 Å². The Morgan fingerprint density at radius 2 is 1.90 bits per heavy atom. The predicted molar refractivity (Wildman–Crippen MR) is 80.0 cm³/mol. The molecule has 0 saturated carbocycles. The number of nitrogens with zero attached hydrogens (tertiary/aromatic N) is 2. The number of nitro groups is 1. The zero-order chi connectivity index (χ0) is 15.6. The molecule has 1 aliphatic rings. The first-order valence-electron chi connectivity index (χ1n) is 7.02. The maximum absolute atomic E-state index is 12.3. The molecule has 21 heavy (non-hydrogen) atoms. The largest absolute Gasteiger partial charge is 0.299 e. The van der Waals surface area contributed by atoms with Crippen molar-refractivity contribution in [1.82, 2.24) is 4.90 Å². The van der Waals surface area contributed by atoms with Crippen LogP contribution in [0.25, 0.3) is 0 Å². The van der Waals surface area contributed by atoms with Crippen LogP contribution >= 0.6 is 0 Å². The molecule has 0 unspecified atom stereocenters. The second kappa shape index (κ2) is 6.11. The van der Waals surface area contributed by atoms with Gasteiger partial charge in [-0.1, -0.05) is 6.92 Å². The summed E-state index contributed by atoms with van der Waals surface area (Å²) in [4.78, 5) is 12.4. The van der Waals surface area contributed by atoms with Crippen LogP contribution in [0, 0.1) is 16.0 Å². The Bertz CT molecular complexity index is 612. The number of likely N-dealkylation sites (tertiary alicyclic amines) is 1. The third-order valence-electron chi connectivity index (χ3n) is 4.33. The smallest absolute Gasteiger partial charge is 0.269 e. The van der Waals surface area contributed by atoms with Crippen molar-refractivity contribution in [2.24, 2.45) is 5.92 Å². The number of hydrogen-bond acceptors (Lipinski definition) is 5. The number of non-ortho nitro benzene ring substituents is 1. The lowest BCUT2D eigenvalue weighted by molar-refractivity contribution is -0.384. The lowest BCUT2D eigenvalue weighted by Crippen LogP contribution is -2.33. The first kappa shape index (κ1) is 15.9. The lowest BCUT2D eigenvalue weighted by Gasteiger charge is -2.22. The summed E-state index contributed by atoms with van der Waals surface area (Å²) in [6.07, 6.45) is 1.10. The summed E-state index contributed by atoms with van der Waals surface area (Å²) in [6, 6.07) is 5.48. The second-order valence-corrected chi connectivity index (χ2v) is 7.72. The topological polar surface area (TPSA) is 80.5 Å². The van der Waals surface area contributed by atoms with Crippen LogP contribution in [0.1, 0.15) is 20.3 Å². The van der Waals surface area contributed by atoms with E-state index in [-0.39, 0.29) is 16.3 Å². The highest BCUT2D eigenvalue weighted by atomic mass is 32.2. The van der Waals surface area contributed by atoms with E-state index < -0.39 is 14.8 Å². The third-order valence-corrected chi connectivity index (χ3v) is 6.04. The fourth-order valence-electron chi connectivity index (χ4n) is 2.62. The monoisotopic (exact) mass is 312 g/mol. The van der Waals surface area contributed by atoms with Crippen LogP contribution in [0.5, 0.6) is 0 Å². The van der Waals surface area contributed by atoms with Crippen molar-refractivity contribution in [1.29, 1.82) is 0 Å².